The highest BCUT2D eigenvalue weighted by Gasteiger charge is 2.35. The number of amides is 1. The Hall–Kier alpha value is -1.73. The highest BCUT2D eigenvalue weighted by molar-refractivity contribution is 7.89. The maximum absolute atomic E-state index is 12.9. The maximum Gasteiger partial charge on any atom is 0.243 e. The van der Waals surface area contributed by atoms with Crippen LogP contribution in [0.4, 0.5) is 0 Å². The van der Waals surface area contributed by atoms with E-state index in [1.165, 1.54) is 16.4 Å². The fraction of sp³-hybridized carbons (Fsp3) is 0.579. The molecular weight excluding hydrogens is 352 g/mol. The summed E-state index contributed by atoms with van der Waals surface area (Å²) in [7, 11) is -3.71. The largest absolute Gasteiger partial charge is 0.342 e. The summed E-state index contributed by atoms with van der Waals surface area (Å²) < 4.78 is 27.1. The van der Waals surface area contributed by atoms with Gasteiger partial charge in [0.25, 0.3) is 0 Å². The minimum absolute atomic E-state index is 0.0461. The molecule has 26 heavy (non-hydrogen) atoms. The van der Waals surface area contributed by atoms with Gasteiger partial charge in [-0.25, -0.2) is 8.42 Å². The highest BCUT2D eigenvalue weighted by Crippen LogP contribution is 2.27. The summed E-state index contributed by atoms with van der Waals surface area (Å²) in [6.45, 7) is 4.46. The van der Waals surface area contributed by atoms with Crippen molar-refractivity contribution >= 4 is 22.2 Å². The third kappa shape index (κ3) is 3.83. The van der Waals surface area contributed by atoms with E-state index in [1.54, 1.807) is 12.1 Å². The van der Waals surface area contributed by atoms with Crippen molar-refractivity contribution < 1.29 is 18.0 Å². The lowest BCUT2D eigenvalue weighted by atomic mass is 9.93. The Morgan fingerprint density at radius 3 is 2.27 bits per heavy atom. The molecule has 0 unspecified atom stereocenters. The average molecular weight is 378 g/mol. The van der Waals surface area contributed by atoms with Crippen molar-refractivity contribution in [3.05, 3.63) is 29.8 Å². The van der Waals surface area contributed by atoms with Crippen LogP contribution >= 0.6 is 0 Å². The molecule has 2 fully saturated rings. The third-order valence-electron chi connectivity index (χ3n) is 5.56. The molecular formula is C19H26N2O4S. The summed E-state index contributed by atoms with van der Waals surface area (Å²) in [5.41, 5.74) is 0.174. The van der Waals surface area contributed by atoms with Crippen molar-refractivity contribution in [2.75, 3.05) is 26.2 Å². The van der Waals surface area contributed by atoms with Crippen LogP contribution in [0.5, 0.6) is 0 Å². The molecule has 0 radical (unpaired) electrons. The van der Waals surface area contributed by atoms with Gasteiger partial charge in [-0.05, 0) is 37.7 Å². The summed E-state index contributed by atoms with van der Waals surface area (Å²) >= 11 is 0. The third-order valence-corrected chi connectivity index (χ3v) is 7.53. The molecule has 1 amide bonds. The van der Waals surface area contributed by atoms with E-state index in [-0.39, 0.29) is 22.3 Å². The number of benzene rings is 1. The van der Waals surface area contributed by atoms with Gasteiger partial charge in [0, 0.05) is 37.7 Å². The molecule has 0 aromatic heterocycles. The van der Waals surface area contributed by atoms with E-state index >= 15 is 0 Å². The Kier molecular flexibility index (Phi) is 5.77. The normalized spacial score (nSPS) is 20.9. The van der Waals surface area contributed by atoms with Crippen LogP contribution in [0.1, 0.15) is 43.0 Å². The molecule has 1 aromatic rings. The van der Waals surface area contributed by atoms with E-state index in [1.807, 2.05) is 4.90 Å². The molecule has 0 aliphatic carbocycles. The number of hydrogen-bond acceptors (Lipinski definition) is 4. The van der Waals surface area contributed by atoms with E-state index in [4.69, 9.17) is 0 Å². The summed E-state index contributed by atoms with van der Waals surface area (Å²) in [4.78, 5) is 25.8. The molecule has 2 aliphatic heterocycles. The standard InChI is InChI=1S/C19H26N2O4S/c1-15-6-10-20(11-7-15)19(23)16-8-12-21(13-9-16)26(24,25)18-5-3-2-4-17(18)14-22/h2-5,14-16H,6-13H2,1H3. The van der Waals surface area contributed by atoms with Crippen LogP contribution in [-0.2, 0) is 14.8 Å². The van der Waals surface area contributed by atoms with E-state index in [2.05, 4.69) is 6.92 Å². The molecule has 6 nitrogen and oxygen atoms in total. The first-order valence-electron chi connectivity index (χ1n) is 9.26. The minimum atomic E-state index is -3.71. The van der Waals surface area contributed by atoms with Gasteiger partial charge in [0.15, 0.2) is 6.29 Å². The zero-order valence-electron chi connectivity index (χ0n) is 15.1. The Morgan fingerprint density at radius 1 is 1.04 bits per heavy atom. The summed E-state index contributed by atoms with van der Waals surface area (Å²) in [5.74, 6) is 0.738. The molecule has 0 atom stereocenters. The van der Waals surface area contributed by atoms with Gasteiger partial charge < -0.3 is 4.90 Å². The average Bonchev–Trinajstić information content (AvgIpc) is 2.68. The lowest BCUT2D eigenvalue weighted by molar-refractivity contribution is -0.138. The molecule has 0 bridgehead atoms. The number of hydrogen-bond donors (Lipinski definition) is 0. The molecule has 0 N–H and O–H groups in total. The Labute approximate surface area is 155 Å². The van der Waals surface area contributed by atoms with Crippen molar-refractivity contribution in [2.24, 2.45) is 11.8 Å². The summed E-state index contributed by atoms with van der Waals surface area (Å²) in [6, 6.07) is 6.24. The Balaban J connectivity index is 1.64. The van der Waals surface area contributed by atoms with Crippen LogP contribution in [-0.4, -0.2) is 56.0 Å². The van der Waals surface area contributed by atoms with Gasteiger partial charge in [-0.1, -0.05) is 25.1 Å². The van der Waals surface area contributed by atoms with Crippen LogP contribution in [0, 0.1) is 11.8 Å². The first-order chi connectivity index (χ1) is 12.4. The molecule has 3 rings (SSSR count). The molecule has 2 saturated heterocycles. The molecule has 0 spiro atoms. The lowest BCUT2D eigenvalue weighted by Crippen LogP contribution is -2.46. The van der Waals surface area contributed by atoms with Crippen molar-refractivity contribution in [3.63, 3.8) is 0 Å². The van der Waals surface area contributed by atoms with Crippen LogP contribution in [0.25, 0.3) is 0 Å². The number of rotatable bonds is 4. The SMILES string of the molecule is CC1CCN(C(=O)C2CCN(S(=O)(=O)c3ccccc3C=O)CC2)CC1. The second-order valence-corrected chi connectivity index (χ2v) is 9.25. The second kappa shape index (κ2) is 7.88. The zero-order chi connectivity index (χ0) is 18.7. The number of carbonyl (C=O) groups is 2. The molecule has 2 heterocycles. The van der Waals surface area contributed by atoms with Crippen molar-refractivity contribution in [3.8, 4) is 0 Å². The quantitative estimate of drug-likeness (QED) is 0.753. The van der Waals surface area contributed by atoms with E-state index in [9.17, 15) is 18.0 Å². The number of likely N-dealkylation sites (tertiary alicyclic amines) is 1. The lowest BCUT2D eigenvalue weighted by Gasteiger charge is -2.36. The van der Waals surface area contributed by atoms with Gasteiger partial charge in [0.2, 0.25) is 15.9 Å². The monoisotopic (exact) mass is 378 g/mol. The van der Waals surface area contributed by atoms with Gasteiger partial charge in [-0.3, -0.25) is 9.59 Å². The zero-order valence-corrected chi connectivity index (χ0v) is 16.0. The number of piperidine rings is 2. The van der Waals surface area contributed by atoms with Crippen molar-refractivity contribution in [1.82, 2.24) is 9.21 Å². The first-order valence-corrected chi connectivity index (χ1v) is 10.7. The summed E-state index contributed by atoms with van der Waals surface area (Å²) in [5, 5.41) is 0. The fourth-order valence-electron chi connectivity index (χ4n) is 3.78. The first kappa shape index (κ1) is 19.0. The molecule has 142 valence electrons. The summed E-state index contributed by atoms with van der Waals surface area (Å²) in [6.07, 6.45) is 3.73. The number of sulfonamides is 1. The topological polar surface area (TPSA) is 74.8 Å². The van der Waals surface area contributed by atoms with Crippen LogP contribution < -0.4 is 0 Å². The molecule has 2 aliphatic rings. The van der Waals surface area contributed by atoms with Crippen LogP contribution in [0.2, 0.25) is 0 Å². The van der Waals surface area contributed by atoms with Gasteiger partial charge in [-0.2, -0.15) is 4.31 Å². The fourth-order valence-corrected chi connectivity index (χ4v) is 5.42. The Morgan fingerprint density at radius 2 is 1.65 bits per heavy atom. The predicted octanol–water partition coefficient (Wildman–Crippen LogP) is 2.16. The van der Waals surface area contributed by atoms with Gasteiger partial charge >= 0.3 is 0 Å². The number of carbonyl (C=O) groups excluding carboxylic acids is 2. The van der Waals surface area contributed by atoms with E-state index in [0.29, 0.717) is 38.1 Å². The number of aldehydes is 1. The van der Waals surface area contributed by atoms with Gasteiger partial charge in [0.05, 0.1) is 4.90 Å². The highest BCUT2D eigenvalue weighted by atomic mass is 32.2. The van der Waals surface area contributed by atoms with Crippen LogP contribution in [0.15, 0.2) is 29.2 Å². The smallest absolute Gasteiger partial charge is 0.243 e. The van der Waals surface area contributed by atoms with Gasteiger partial charge in [-0.15, -0.1) is 0 Å². The molecule has 0 saturated carbocycles. The van der Waals surface area contributed by atoms with Crippen molar-refractivity contribution in [1.29, 1.82) is 0 Å². The maximum atomic E-state index is 12.9. The predicted molar refractivity (Wildman–Crippen MR) is 98.3 cm³/mol. The van der Waals surface area contributed by atoms with Crippen molar-refractivity contribution in [2.45, 2.75) is 37.5 Å². The van der Waals surface area contributed by atoms with Gasteiger partial charge in [0.1, 0.15) is 0 Å². The molecule has 7 heteroatoms. The van der Waals surface area contributed by atoms with Crippen LogP contribution in [0.3, 0.4) is 0 Å². The van der Waals surface area contributed by atoms with E-state index < -0.39 is 10.0 Å². The van der Waals surface area contributed by atoms with E-state index in [0.717, 1.165) is 25.9 Å². The number of nitrogens with zero attached hydrogens (tertiary/aromatic N) is 2. The second-order valence-electron chi connectivity index (χ2n) is 7.34. The minimum Gasteiger partial charge on any atom is -0.342 e. The Bertz CT molecular complexity index is 761. The molecule has 1 aromatic carbocycles.